The number of benzene rings is 1. The van der Waals surface area contributed by atoms with E-state index in [2.05, 4.69) is 29.0 Å². The summed E-state index contributed by atoms with van der Waals surface area (Å²) in [5, 5.41) is 0. The molecule has 1 aliphatic heterocycles. The molecule has 4 heteroatoms. The number of likely N-dealkylation sites (N-methyl/N-ethyl adjacent to an activating group) is 1. The monoisotopic (exact) mass is 249 g/mol. The molecule has 1 aliphatic rings. The number of nitrogen functional groups attached to an aromatic ring is 1. The maximum atomic E-state index is 9.17. The van der Waals surface area contributed by atoms with Gasteiger partial charge in [-0.05, 0) is 31.3 Å². The van der Waals surface area contributed by atoms with E-state index in [1.54, 1.807) is 0 Å². The largest absolute Gasteiger partial charge is 0.399 e. The molecule has 0 unspecified atom stereocenters. The SMILES string of the molecule is CCC=O.CN1CCN(c2ccc(N)cc2)CC1. The topological polar surface area (TPSA) is 49.6 Å². The first kappa shape index (κ1) is 14.5. The van der Waals surface area contributed by atoms with Crippen LogP contribution in [0.3, 0.4) is 0 Å². The summed E-state index contributed by atoms with van der Waals surface area (Å²) in [6.07, 6.45) is 1.51. The van der Waals surface area contributed by atoms with Crippen molar-refractivity contribution in [2.45, 2.75) is 13.3 Å². The molecule has 1 aromatic rings. The molecule has 0 saturated carbocycles. The number of anilines is 2. The predicted octanol–water partition coefficient (Wildman–Crippen LogP) is 1.62. The Bertz CT molecular complexity index is 343. The molecule has 0 atom stereocenters. The zero-order valence-electron chi connectivity index (χ0n) is 11.3. The Morgan fingerprint density at radius 1 is 1.17 bits per heavy atom. The van der Waals surface area contributed by atoms with Gasteiger partial charge in [0.15, 0.2) is 0 Å². The summed E-state index contributed by atoms with van der Waals surface area (Å²) in [4.78, 5) is 13.9. The molecule has 0 bridgehead atoms. The Morgan fingerprint density at radius 3 is 2.11 bits per heavy atom. The van der Waals surface area contributed by atoms with Gasteiger partial charge >= 0.3 is 0 Å². The van der Waals surface area contributed by atoms with Gasteiger partial charge in [-0.25, -0.2) is 0 Å². The minimum atomic E-state index is 0.639. The number of rotatable bonds is 2. The molecule has 0 aromatic heterocycles. The van der Waals surface area contributed by atoms with E-state index in [4.69, 9.17) is 5.73 Å². The van der Waals surface area contributed by atoms with Crippen molar-refractivity contribution in [2.75, 3.05) is 43.9 Å². The molecule has 1 heterocycles. The van der Waals surface area contributed by atoms with Crippen LogP contribution >= 0.6 is 0 Å². The van der Waals surface area contributed by atoms with Crippen LogP contribution in [-0.4, -0.2) is 44.4 Å². The first-order chi connectivity index (χ1) is 8.67. The van der Waals surface area contributed by atoms with E-state index in [0.717, 1.165) is 38.2 Å². The van der Waals surface area contributed by atoms with Crippen LogP contribution < -0.4 is 10.6 Å². The number of carbonyl (C=O) groups excluding carboxylic acids is 1. The number of nitrogens with two attached hydrogens (primary N) is 1. The second-order valence-corrected chi connectivity index (χ2v) is 4.46. The van der Waals surface area contributed by atoms with Crippen LogP contribution in [0.15, 0.2) is 24.3 Å². The Labute approximate surface area is 109 Å². The fraction of sp³-hybridized carbons (Fsp3) is 0.500. The Hall–Kier alpha value is -1.55. The normalized spacial score (nSPS) is 15.8. The molecule has 0 spiro atoms. The molecule has 1 aromatic carbocycles. The minimum absolute atomic E-state index is 0.639. The number of hydrogen-bond donors (Lipinski definition) is 1. The molecule has 18 heavy (non-hydrogen) atoms. The summed E-state index contributed by atoms with van der Waals surface area (Å²) in [5.41, 5.74) is 7.77. The molecule has 1 saturated heterocycles. The highest BCUT2D eigenvalue weighted by Crippen LogP contribution is 2.17. The highest BCUT2D eigenvalue weighted by atomic mass is 16.1. The molecule has 0 radical (unpaired) electrons. The van der Waals surface area contributed by atoms with Gasteiger partial charge in [0.05, 0.1) is 0 Å². The van der Waals surface area contributed by atoms with Gasteiger partial charge in [0.25, 0.3) is 0 Å². The number of hydrogen-bond acceptors (Lipinski definition) is 4. The lowest BCUT2D eigenvalue weighted by atomic mass is 10.2. The van der Waals surface area contributed by atoms with Gasteiger partial charge in [-0.2, -0.15) is 0 Å². The first-order valence-electron chi connectivity index (χ1n) is 6.40. The Morgan fingerprint density at radius 2 is 1.67 bits per heavy atom. The average molecular weight is 249 g/mol. The minimum Gasteiger partial charge on any atom is -0.399 e. The molecule has 100 valence electrons. The fourth-order valence-corrected chi connectivity index (χ4v) is 1.75. The molecule has 1 fully saturated rings. The maximum Gasteiger partial charge on any atom is 0.119 e. The second kappa shape index (κ2) is 7.71. The van der Waals surface area contributed by atoms with Crippen LogP contribution in [-0.2, 0) is 4.79 Å². The van der Waals surface area contributed by atoms with E-state index in [1.807, 2.05) is 19.1 Å². The summed E-state index contributed by atoms with van der Waals surface area (Å²) >= 11 is 0. The van der Waals surface area contributed by atoms with Crippen LogP contribution in [0.5, 0.6) is 0 Å². The van der Waals surface area contributed by atoms with Gasteiger partial charge in [-0.15, -0.1) is 0 Å². The van der Waals surface area contributed by atoms with Gasteiger partial charge in [0, 0.05) is 44.0 Å². The van der Waals surface area contributed by atoms with Crippen molar-refractivity contribution in [3.8, 4) is 0 Å². The van der Waals surface area contributed by atoms with E-state index in [-0.39, 0.29) is 0 Å². The number of piperazine rings is 1. The summed E-state index contributed by atoms with van der Waals surface area (Å²) in [5.74, 6) is 0. The van der Waals surface area contributed by atoms with Crippen LogP contribution in [0.4, 0.5) is 11.4 Å². The molecule has 2 N–H and O–H groups in total. The molecule has 0 amide bonds. The lowest BCUT2D eigenvalue weighted by Gasteiger charge is -2.34. The predicted molar refractivity (Wildman–Crippen MR) is 76.9 cm³/mol. The summed E-state index contributed by atoms with van der Waals surface area (Å²) in [6, 6.07) is 8.13. The quantitative estimate of drug-likeness (QED) is 0.639. The zero-order chi connectivity index (χ0) is 13.4. The van der Waals surface area contributed by atoms with Crippen molar-refractivity contribution >= 4 is 17.7 Å². The smallest absolute Gasteiger partial charge is 0.119 e. The highest BCUT2D eigenvalue weighted by Gasteiger charge is 2.13. The average Bonchev–Trinajstić information content (AvgIpc) is 2.41. The van der Waals surface area contributed by atoms with Gasteiger partial charge in [-0.3, -0.25) is 0 Å². The third kappa shape index (κ3) is 4.75. The molecule has 0 aliphatic carbocycles. The fourth-order valence-electron chi connectivity index (χ4n) is 1.75. The van der Waals surface area contributed by atoms with E-state index in [0.29, 0.717) is 6.42 Å². The van der Waals surface area contributed by atoms with Crippen molar-refractivity contribution in [2.24, 2.45) is 0 Å². The van der Waals surface area contributed by atoms with Crippen molar-refractivity contribution in [3.05, 3.63) is 24.3 Å². The first-order valence-corrected chi connectivity index (χ1v) is 6.40. The van der Waals surface area contributed by atoms with Crippen LogP contribution in [0.1, 0.15) is 13.3 Å². The zero-order valence-corrected chi connectivity index (χ0v) is 11.3. The van der Waals surface area contributed by atoms with E-state index in [9.17, 15) is 4.79 Å². The lowest BCUT2D eigenvalue weighted by Crippen LogP contribution is -2.44. The third-order valence-electron chi connectivity index (χ3n) is 2.93. The standard InChI is InChI=1S/C11H17N3.C3H6O/c1-13-6-8-14(9-7-13)11-4-2-10(12)3-5-11;1-2-3-4/h2-5H,6-9,12H2,1H3;3H,2H2,1H3. The van der Waals surface area contributed by atoms with Gasteiger partial charge < -0.3 is 20.3 Å². The second-order valence-electron chi connectivity index (χ2n) is 4.46. The molecular formula is C14H23N3O. The van der Waals surface area contributed by atoms with Gasteiger partial charge in [0.2, 0.25) is 0 Å². The summed E-state index contributed by atoms with van der Waals surface area (Å²) in [6.45, 7) is 6.32. The van der Waals surface area contributed by atoms with Gasteiger partial charge in [-0.1, -0.05) is 6.92 Å². The maximum absolute atomic E-state index is 9.17. The van der Waals surface area contributed by atoms with Crippen molar-refractivity contribution in [3.63, 3.8) is 0 Å². The van der Waals surface area contributed by atoms with E-state index < -0.39 is 0 Å². The highest BCUT2D eigenvalue weighted by molar-refractivity contribution is 5.53. The summed E-state index contributed by atoms with van der Waals surface area (Å²) in [7, 11) is 2.17. The third-order valence-corrected chi connectivity index (χ3v) is 2.93. The van der Waals surface area contributed by atoms with Crippen molar-refractivity contribution < 1.29 is 4.79 Å². The van der Waals surface area contributed by atoms with E-state index >= 15 is 0 Å². The molecular weight excluding hydrogens is 226 g/mol. The van der Waals surface area contributed by atoms with Crippen molar-refractivity contribution in [1.29, 1.82) is 0 Å². The van der Waals surface area contributed by atoms with Crippen molar-refractivity contribution in [1.82, 2.24) is 4.90 Å². The van der Waals surface area contributed by atoms with E-state index in [1.165, 1.54) is 5.69 Å². The summed E-state index contributed by atoms with van der Waals surface area (Å²) < 4.78 is 0. The van der Waals surface area contributed by atoms with Gasteiger partial charge in [0.1, 0.15) is 6.29 Å². The molecule has 4 nitrogen and oxygen atoms in total. The van der Waals surface area contributed by atoms with Crippen LogP contribution in [0.2, 0.25) is 0 Å². The Balaban J connectivity index is 0.000000357. The lowest BCUT2D eigenvalue weighted by molar-refractivity contribution is -0.107. The number of nitrogens with zero attached hydrogens (tertiary/aromatic N) is 2. The van der Waals surface area contributed by atoms with Crippen LogP contribution in [0, 0.1) is 0 Å². The molecule has 2 rings (SSSR count). The Kier molecular flexibility index (Phi) is 6.22. The number of carbonyl (C=O) groups is 1. The van der Waals surface area contributed by atoms with Crippen LogP contribution in [0.25, 0.3) is 0 Å². The number of aldehydes is 1.